The highest BCUT2D eigenvalue weighted by Gasteiger charge is 2.30. The first-order chi connectivity index (χ1) is 24.0. The molecule has 0 radical (unpaired) electrons. The topological polar surface area (TPSA) is 118 Å². The van der Waals surface area contributed by atoms with E-state index >= 15 is 0 Å². The minimum Gasteiger partial charge on any atom is -0.351 e. The number of benzene rings is 2. The molecule has 0 bridgehead atoms. The lowest BCUT2D eigenvalue weighted by Gasteiger charge is -2.34. The normalized spacial score (nSPS) is 17.9. The van der Waals surface area contributed by atoms with Gasteiger partial charge in [0.2, 0.25) is 16.0 Å². The molecule has 2 fully saturated rings. The van der Waals surface area contributed by atoms with Crippen LogP contribution in [0.1, 0.15) is 69.5 Å². The van der Waals surface area contributed by atoms with Gasteiger partial charge in [0, 0.05) is 61.8 Å². The molecule has 7 rings (SSSR count). The fourth-order valence-corrected chi connectivity index (χ4v) is 9.32. The molecular formula is C38H48N8O3S. The van der Waals surface area contributed by atoms with E-state index < -0.39 is 10.0 Å². The van der Waals surface area contributed by atoms with E-state index in [1.165, 1.54) is 16.5 Å². The third-order valence-corrected chi connectivity index (χ3v) is 12.4. The number of piperidine rings is 2. The Balaban J connectivity index is 0.916. The van der Waals surface area contributed by atoms with Crippen LogP contribution in [0.25, 0.3) is 21.9 Å². The summed E-state index contributed by atoms with van der Waals surface area (Å²) in [6, 6.07) is 17.6. The average molecular weight is 697 g/mol. The van der Waals surface area contributed by atoms with Gasteiger partial charge < -0.3 is 10.2 Å². The molecule has 5 aromatic rings. The number of fused-ring (bicyclic) bond motifs is 2. The molecule has 2 aliphatic heterocycles. The summed E-state index contributed by atoms with van der Waals surface area (Å²) in [5.41, 5.74) is 4.16. The Kier molecular flexibility index (Phi) is 9.78. The number of nitrogens with one attached hydrogen (secondary N) is 1. The van der Waals surface area contributed by atoms with Gasteiger partial charge in [-0.05, 0) is 106 Å². The first-order valence-electron chi connectivity index (χ1n) is 17.9. The van der Waals surface area contributed by atoms with Gasteiger partial charge in [-0.3, -0.25) is 14.0 Å². The Bertz CT molecular complexity index is 2140. The van der Waals surface area contributed by atoms with Gasteiger partial charge in [0.1, 0.15) is 5.65 Å². The van der Waals surface area contributed by atoms with Crippen LogP contribution in [-0.4, -0.2) is 80.7 Å². The number of aromatic nitrogens is 5. The van der Waals surface area contributed by atoms with E-state index in [4.69, 9.17) is 0 Å². The van der Waals surface area contributed by atoms with Gasteiger partial charge in [-0.15, -0.1) is 0 Å². The maximum Gasteiger partial charge on any atom is 0.252 e. The van der Waals surface area contributed by atoms with Crippen LogP contribution in [-0.2, 0) is 23.5 Å². The Morgan fingerprint density at radius 1 is 0.900 bits per heavy atom. The van der Waals surface area contributed by atoms with E-state index in [2.05, 4.69) is 56.5 Å². The van der Waals surface area contributed by atoms with Gasteiger partial charge in [0.25, 0.3) is 5.56 Å². The molecule has 2 aromatic carbocycles. The van der Waals surface area contributed by atoms with Gasteiger partial charge in [0.15, 0.2) is 0 Å². The highest BCUT2D eigenvalue weighted by atomic mass is 32.2. The van der Waals surface area contributed by atoms with Crippen molar-refractivity contribution in [3.8, 4) is 0 Å². The van der Waals surface area contributed by atoms with E-state index in [1.54, 1.807) is 33.3 Å². The minimum absolute atomic E-state index is 0.0313. The van der Waals surface area contributed by atoms with Crippen LogP contribution < -0.4 is 10.9 Å². The van der Waals surface area contributed by atoms with Crippen LogP contribution in [0.3, 0.4) is 0 Å². The van der Waals surface area contributed by atoms with Crippen molar-refractivity contribution < 1.29 is 8.42 Å². The van der Waals surface area contributed by atoms with E-state index in [-0.39, 0.29) is 17.6 Å². The SMILES string of the molecule is CC(Cc1cccc(S(=O)(=O)N2CCC(Nc3ncc4ccc(=O)n(C(C)C)c4n3)CC2)c1)CN1CCC(c2ccc3cnn(C)c3c2)CC1. The Labute approximate surface area is 294 Å². The highest BCUT2D eigenvalue weighted by molar-refractivity contribution is 7.89. The summed E-state index contributed by atoms with van der Waals surface area (Å²) in [6.45, 7) is 10.2. The Morgan fingerprint density at radius 3 is 2.42 bits per heavy atom. The quantitative estimate of drug-likeness (QED) is 0.201. The number of sulfonamides is 1. The zero-order valence-electron chi connectivity index (χ0n) is 29.5. The third-order valence-electron chi connectivity index (χ3n) is 10.5. The Morgan fingerprint density at radius 2 is 1.66 bits per heavy atom. The predicted octanol–water partition coefficient (Wildman–Crippen LogP) is 5.58. The van der Waals surface area contributed by atoms with Crippen molar-refractivity contribution in [2.24, 2.45) is 13.0 Å². The number of nitrogens with zero attached hydrogens (tertiary/aromatic N) is 7. The van der Waals surface area contributed by atoms with Gasteiger partial charge in [0.05, 0.1) is 16.6 Å². The molecule has 3 aromatic heterocycles. The van der Waals surface area contributed by atoms with Crippen LogP contribution in [0.15, 0.2) is 76.7 Å². The molecule has 0 saturated carbocycles. The monoisotopic (exact) mass is 696 g/mol. The third kappa shape index (κ3) is 7.19. The lowest BCUT2D eigenvalue weighted by Crippen LogP contribution is -2.42. The first kappa shape index (κ1) is 34.3. The summed E-state index contributed by atoms with van der Waals surface area (Å²) in [4.78, 5) is 24.5. The van der Waals surface area contributed by atoms with E-state index in [1.807, 2.05) is 43.9 Å². The van der Waals surface area contributed by atoms with Gasteiger partial charge in [-0.1, -0.05) is 31.2 Å². The molecule has 11 nitrogen and oxygen atoms in total. The molecule has 1 unspecified atom stereocenters. The standard InChI is InChI=1S/C38H48N8O3S/c1-26(2)46-36(47)11-10-32-23-39-38(42-37(32)46)41-33-14-18-45(19-15-33)50(48,49)34-7-5-6-28(21-34)20-27(3)25-44-16-12-29(13-17-44)30-8-9-31-24-40-43(4)35(31)22-30/h5-11,21-24,26-27,29,33H,12-20,25H2,1-4H3,(H,39,41,42). The van der Waals surface area contributed by atoms with Crippen molar-refractivity contribution in [3.63, 3.8) is 0 Å². The van der Waals surface area contributed by atoms with Gasteiger partial charge in [-0.2, -0.15) is 14.4 Å². The van der Waals surface area contributed by atoms with E-state index in [9.17, 15) is 13.2 Å². The fraction of sp³-hybridized carbons (Fsp3) is 0.474. The van der Waals surface area contributed by atoms with E-state index in [0.717, 1.165) is 49.8 Å². The second-order valence-electron chi connectivity index (χ2n) is 14.5. The van der Waals surface area contributed by atoms with Crippen molar-refractivity contribution in [2.45, 2.75) is 75.8 Å². The molecule has 0 aliphatic carbocycles. The Hall–Kier alpha value is -4.13. The van der Waals surface area contributed by atoms with Crippen LogP contribution in [0, 0.1) is 5.92 Å². The second-order valence-corrected chi connectivity index (χ2v) is 16.5. The van der Waals surface area contributed by atoms with Gasteiger partial charge in [-0.25, -0.2) is 13.4 Å². The van der Waals surface area contributed by atoms with Crippen molar-refractivity contribution in [3.05, 3.63) is 88.5 Å². The zero-order valence-corrected chi connectivity index (χ0v) is 30.3. The molecule has 264 valence electrons. The molecule has 2 aliphatic rings. The van der Waals surface area contributed by atoms with Crippen LogP contribution in [0.4, 0.5) is 5.95 Å². The summed E-state index contributed by atoms with van der Waals surface area (Å²) in [6.07, 6.45) is 8.05. The smallest absolute Gasteiger partial charge is 0.252 e. The van der Waals surface area contributed by atoms with Crippen molar-refractivity contribution in [1.29, 1.82) is 0 Å². The molecule has 1 N–H and O–H groups in total. The predicted molar refractivity (Wildman–Crippen MR) is 198 cm³/mol. The van der Waals surface area contributed by atoms with Crippen molar-refractivity contribution in [2.75, 3.05) is 38.0 Å². The number of pyridine rings is 1. The van der Waals surface area contributed by atoms with Crippen LogP contribution in [0.5, 0.6) is 0 Å². The number of rotatable bonds is 10. The maximum absolute atomic E-state index is 13.7. The van der Waals surface area contributed by atoms with Crippen molar-refractivity contribution in [1.82, 2.24) is 33.5 Å². The highest BCUT2D eigenvalue weighted by Crippen LogP contribution is 2.31. The van der Waals surface area contributed by atoms with Crippen molar-refractivity contribution >= 4 is 37.9 Å². The van der Waals surface area contributed by atoms with Gasteiger partial charge >= 0.3 is 0 Å². The van der Waals surface area contributed by atoms with Crippen LogP contribution >= 0.6 is 0 Å². The maximum atomic E-state index is 13.7. The number of aryl methyl sites for hydroxylation is 1. The second kappa shape index (κ2) is 14.2. The lowest BCUT2D eigenvalue weighted by molar-refractivity contribution is 0.187. The summed E-state index contributed by atoms with van der Waals surface area (Å²) >= 11 is 0. The number of hydrogen-bond donors (Lipinski definition) is 1. The molecule has 0 amide bonds. The largest absolute Gasteiger partial charge is 0.351 e. The summed E-state index contributed by atoms with van der Waals surface area (Å²) in [7, 11) is -1.62. The molecular weight excluding hydrogens is 649 g/mol. The molecule has 50 heavy (non-hydrogen) atoms. The summed E-state index contributed by atoms with van der Waals surface area (Å²) in [5, 5.41) is 9.77. The lowest BCUT2D eigenvalue weighted by atomic mass is 9.88. The first-order valence-corrected chi connectivity index (χ1v) is 19.4. The van der Waals surface area contributed by atoms with E-state index in [0.29, 0.717) is 54.3 Å². The minimum atomic E-state index is -3.62. The average Bonchev–Trinajstić information content (AvgIpc) is 3.48. The number of anilines is 1. The summed E-state index contributed by atoms with van der Waals surface area (Å²) < 4.78 is 32.7. The van der Waals surface area contributed by atoms with Crippen LogP contribution in [0.2, 0.25) is 0 Å². The summed E-state index contributed by atoms with van der Waals surface area (Å²) in [5.74, 6) is 1.43. The molecule has 0 spiro atoms. The number of hydrogen-bond acceptors (Lipinski definition) is 8. The molecule has 5 heterocycles. The fourth-order valence-electron chi connectivity index (χ4n) is 7.78. The molecule has 2 saturated heterocycles. The molecule has 1 atom stereocenters. The molecule has 12 heteroatoms. The zero-order chi connectivity index (χ0) is 35.0. The number of likely N-dealkylation sites (tertiary alicyclic amines) is 1.